The fraction of sp³-hybridized carbons (Fsp3) is 0.100. The van der Waals surface area contributed by atoms with Crippen molar-refractivity contribution in [2.24, 2.45) is 0 Å². The lowest BCUT2D eigenvalue weighted by Gasteiger charge is -1.99. The molecule has 82 valence electrons. The van der Waals surface area contributed by atoms with Crippen LogP contribution in [-0.2, 0) is 0 Å². The van der Waals surface area contributed by atoms with Gasteiger partial charge >= 0.3 is 5.88 Å². The Bertz CT molecular complexity index is 521. The molecule has 6 nitrogen and oxygen atoms in total. The van der Waals surface area contributed by atoms with E-state index in [1.165, 1.54) is 19.2 Å². The first kappa shape index (κ1) is 10.2. The van der Waals surface area contributed by atoms with E-state index < -0.39 is 4.92 Å². The smallest absolute Gasteiger partial charge is 0.433 e. The van der Waals surface area contributed by atoms with Crippen molar-refractivity contribution in [1.29, 1.82) is 0 Å². The number of furan rings is 1. The molecule has 2 heterocycles. The van der Waals surface area contributed by atoms with E-state index in [0.29, 0.717) is 17.3 Å². The molecule has 0 fully saturated rings. The van der Waals surface area contributed by atoms with Gasteiger partial charge in [0.25, 0.3) is 0 Å². The van der Waals surface area contributed by atoms with E-state index in [1.54, 1.807) is 18.2 Å². The van der Waals surface area contributed by atoms with Crippen LogP contribution in [0.4, 0.5) is 5.88 Å². The zero-order valence-electron chi connectivity index (χ0n) is 8.41. The second-order valence-electron chi connectivity index (χ2n) is 2.96. The maximum absolute atomic E-state index is 10.4. The Hall–Kier alpha value is -2.37. The molecule has 0 radical (unpaired) electrons. The van der Waals surface area contributed by atoms with E-state index in [-0.39, 0.29) is 5.88 Å². The number of hydrogen-bond donors (Lipinski definition) is 0. The largest absolute Gasteiger partial charge is 0.481 e. The molecule has 0 aliphatic carbocycles. The summed E-state index contributed by atoms with van der Waals surface area (Å²) in [5, 5.41) is 10.4. The summed E-state index contributed by atoms with van der Waals surface area (Å²) < 4.78 is 9.96. The molecule has 2 rings (SSSR count). The third-order valence-electron chi connectivity index (χ3n) is 1.96. The molecular weight excluding hydrogens is 212 g/mol. The average Bonchev–Trinajstić information content (AvgIpc) is 2.78. The fourth-order valence-electron chi connectivity index (χ4n) is 1.23. The summed E-state index contributed by atoms with van der Waals surface area (Å²) in [6.07, 6.45) is 0. The molecule has 0 unspecified atom stereocenters. The predicted octanol–water partition coefficient (Wildman–Crippen LogP) is 2.26. The minimum Gasteiger partial charge on any atom is -0.481 e. The topological polar surface area (TPSA) is 78.4 Å². The molecule has 0 aromatic carbocycles. The number of ether oxygens (including phenoxy) is 1. The molecule has 0 N–H and O–H groups in total. The van der Waals surface area contributed by atoms with Crippen LogP contribution in [0.25, 0.3) is 11.5 Å². The van der Waals surface area contributed by atoms with Gasteiger partial charge in [-0.05, 0) is 12.1 Å². The molecular formula is C10H8N2O4. The highest BCUT2D eigenvalue weighted by atomic mass is 16.6. The quantitative estimate of drug-likeness (QED) is 0.585. The molecule has 0 atom stereocenters. The van der Waals surface area contributed by atoms with E-state index in [0.717, 1.165) is 0 Å². The van der Waals surface area contributed by atoms with Gasteiger partial charge < -0.3 is 9.15 Å². The van der Waals surface area contributed by atoms with Crippen molar-refractivity contribution in [3.05, 3.63) is 40.4 Å². The summed E-state index contributed by atoms with van der Waals surface area (Å²) in [5.74, 6) is 0.460. The normalized spacial score (nSPS) is 10.1. The van der Waals surface area contributed by atoms with Crippen LogP contribution in [0.15, 0.2) is 34.7 Å². The molecule has 6 heteroatoms. The third-order valence-corrected chi connectivity index (χ3v) is 1.96. The maximum Gasteiger partial charge on any atom is 0.433 e. The first-order chi connectivity index (χ1) is 7.70. The summed E-state index contributed by atoms with van der Waals surface area (Å²) in [6.45, 7) is 0. The molecule has 0 saturated carbocycles. The Kier molecular flexibility index (Phi) is 2.55. The van der Waals surface area contributed by atoms with Crippen LogP contribution < -0.4 is 4.74 Å². The molecule has 0 aliphatic rings. The molecule has 16 heavy (non-hydrogen) atoms. The van der Waals surface area contributed by atoms with Crippen LogP contribution in [-0.4, -0.2) is 17.0 Å². The van der Waals surface area contributed by atoms with Crippen LogP contribution in [0.5, 0.6) is 5.88 Å². The first-order valence-electron chi connectivity index (χ1n) is 4.46. The van der Waals surface area contributed by atoms with Gasteiger partial charge in [-0.1, -0.05) is 6.07 Å². The van der Waals surface area contributed by atoms with E-state index in [1.807, 2.05) is 0 Å². The van der Waals surface area contributed by atoms with Crippen LogP contribution in [0.3, 0.4) is 0 Å². The molecule has 0 saturated heterocycles. The second-order valence-corrected chi connectivity index (χ2v) is 2.96. The second kappa shape index (κ2) is 4.01. The molecule has 0 bridgehead atoms. The summed E-state index contributed by atoms with van der Waals surface area (Å²) in [7, 11) is 1.50. The van der Waals surface area contributed by atoms with Gasteiger partial charge in [0.15, 0.2) is 5.76 Å². The molecule has 0 aliphatic heterocycles. The molecule has 2 aromatic heterocycles. The van der Waals surface area contributed by atoms with Crippen molar-refractivity contribution in [3.8, 4) is 17.3 Å². The van der Waals surface area contributed by atoms with E-state index in [9.17, 15) is 10.1 Å². The minimum atomic E-state index is -0.594. The number of rotatable bonds is 3. The average molecular weight is 220 g/mol. The van der Waals surface area contributed by atoms with Gasteiger partial charge in [-0.15, -0.1) is 0 Å². The molecule has 0 amide bonds. The van der Waals surface area contributed by atoms with Gasteiger partial charge in [-0.2, -0.15) is 0 Å². The van der Waals surface area contributed by atoms with Crippen molar-refractivity contribution in [1.82, 2.24) is 4.98 Å². The SMILES string of the molecule is COc1cccc(-c2ccc([N+](=O)[O-])o2)n1. The Morgan fingerprint density at radius 1 is 1.38 bits per heavy atom. The Labute approximate surface area is 90.6 Å². The van der Waals surface area contributed by atoms with Crippen molar-refractivity contribution < 1.29 is 14.1 Å². The van der Waals surface area contributed by atoms with Crippen molar-refractivity contribution in [3.63, 3.8) is 0 Å². The monoisotopic (exact) mass is 220 g/mol. The fourth-order valence-corrected chi connectivity index (χ4v) is 1.23. The lowest BCUT2D eigenvalue weighted by Crippen LogP contribution is -1.88. The molecule has 2 aromatic rings. The van der Waals surface area contributed by atoms with E-state index in [2.05, 4.69) is 4.98 Å². The van der Waals surface area contributed by atoms with Crippen molar-refractivity contribution in [2.75, 3.05) is 7.11 Å². The number of aromatic nitrogens is 1. The lowest BCUT2D eigenvalue weighted by atomic mass is 10.3. The predicted molar refractivity (Wildman–Crippen MR) is 55.1 cm³/mol. The van der Waals surface area contributed by atoms with Crippen LogP contribution in [0.1, 0.15) is 0 Å². The Balaban J connectivity index is 2.38. The van der Waals surface area contributed by atoms with Crippen LogP contribution in [0, 0.1) is 10.1 Å². The summed E-state index contributed by atoms with van der Waals surface area (Å²) >= 11 is 0. The summed E-state index contributed by atoms with van der Waals surface area (Å²) in [4.78, 5) is 13.9. The van der Waals surface area contributed by atoms with Gasteiger partial charge in [0, 0.05) is 6.07 Å². The highest BCUT2D eigenvalue weighted by Crippen LogP contribution is 2.25. The zero-order valence-corrected chi connectivity index (χ0v) is 8.41. The van der Waals surface area contributed by atoms with Crippen LogP contribution >= 0.6 is 0 Å². The highest BCUT2D eigenvalue weighted by Gasteiger charge is 2.13. The van der Waals surface area contributed by atoms with Gasteiger partial charge in [0.05, 0.1) is 13.2 Å². The number of pyridine rings is 1. The number of hydrogen-bond acceptors (Lipinski definition) is 5. The lowest BCUT2D eigenvalue weighted by molar-refractivity contribution is -0.401. The Morgan fingerprint density at radius 3 is 2.81 bits per heavy atom. The van der Waals surface area contributed by atoms with Gasteiger partial charge in [-0.3, -0.25) is 10.1 Å². The van der Waals surface area contributed by atoms with Crippen molar-refractivity contribution >= 4 is 5.88 Å². The number of methoxy groups -OCH3 is 1. The number of nitro groups is 1. The van der Waals surface area contributed by atoms with E-state index in [4.69, 9.17) is 9.15 Å². The first-order valence-corrected chi connectivity index (χ1v) is 4.46. The number of nitrogens with zero attached hydrogens (tertiary/aromatic N) is 2. The zero-order chi connectivity index (χ0) is 11.5. The third kappa shape index (κ3) is 1.85. The minimum absolute atomic E-state index is 0.306. The molecule has 0 spiro atoms. The highest BCUT2D eigenvalue weighted by molar-refractivity contribution is 5.54. The van der Waals surface area contributed by atoms with Crippen molar-refractivity contribution in [2.45, 2.75) is 0 Å². The van der Waals surface area contributed by atoms with Gasteiger partial charge in [0.1, 0.15) is 10.6 Å². The van der Waals surface area contributed by atoms with E-state index >= 15 is 0 Å². The van der Waals surface area contributed by atoms with Crippen LogP contribution in [0.2, 0.25) is 0 Å². The summed E-state index contributed by atoms with van der Waals surface area (Å²) in [6, 6.07) is 7.89. The Morgan fingerprint density at radius 2 is 2.19 bits per heavy atom. The van der Waals surface area contributed by atoms with Gasteiger partial charge in [0.2, 0.25) is 5.88 Å². The summed E-state index contributed by atoms with van der Waals surface area (Å²) in [5.41, 5.74) is 0.493. The maximum atomic E-state index is 10.4. The van der Waals surface area contributed by atoms with Gasteiger partial charge in [-0.25, -0.2) is 4.98 Å². The standard InChI is InChI=1S/C10H8N2O4/c1-15-9-4-2-3-7(11-9)8-5-6-10(16-8)12(13)14/h2-6H,1H3.